The molecule has 3 aliphatic rings. The second-order valence-electron chi connectivity index (χ2n) is 9.91. The van der Waals surface area contributed by atoms with Crippen LogP contribution in [0.1, 0.15) is 61.9 Å². The van der Waals surface area contributed by atoms with Gasteiger partial charge in [0.1, 0.15) is 5.75 Å². The number of rotatable bonds is 7. The zero-order valence-electron chi connectivity index (χ0n) is 21.3. The molecule has 1 N–H and O–H groups in total. The lowest BCUT2D eigenvalue weighted by Gasteiger charge is -2.51. The highest BCUT2D eigenvalue weighted by molar-refractivity contribution is 5.84. The average Bonchev–Trinajstić information content (AvgIpc) is 2.91. The van der Waals surface area contributed by atoms with Gasteiger partial charge in [-0.25, -0.2) is 4.79 Å². The Kier molecular flexibility index (Phi) is 7.46. The summed E-state index contributed by atoms with van der Waals surface area (Å²) >= 11 is 0. The van der Waals surface area contributed by atoms with Crippen molar-refractivity contribution in [2.24, 2.45) is 5.92 Å². The number of nitrogens with zero attached hydrogens (tertiary/aromatic N) is 2. The minimum atomic E-state index is -0.301. The van der Waals surface area contributed by atoms with Crippen molar-refractivity contribution in [1.29, 1.82) is 0 Å². The minimum Gasteiger partial charge on any atom is -0.494 e. The Morgan fingerprint density at radius 1 is 1.11 bits per heavy atom. The quantitative estimate of drug-likeness (QED) is 0.620. The van der Waals surface area contributed by atoms with Gasteiger partial charge in [0.15, 0.2) is 0 Å². The molecule has 3 heterocycles. The molecule has 4 atom stereocenters. The van der Waals surface area contributed by atoms with Crippen LogP contribution < -0.4 is 10.1 Å². The van der Waals surface area contributed by atoms with Gasteiger partial charge in [-0.05, 0) is 68.4 Å². The third-order valence-electron chi connectivity index (χ3n) is 7.88. The second-order valence-corrected chi connectivity index (χ2v) is 9.91. The number of nitrogens with one attached hydrogen (secondary N) is 1. The number of piperidine rings is 2. The van der Waals surface area contributed by atoms with Crippen LogP contribution in [-0.2, 0) is 16.0 Å². The molecule has 5 rings (SSSR count). The van der Waals surface area contributed by atoms with Gasteiger partial charge in [-0.1, -0.05) is 36.4 Å². The van der Waals surface area contributed by atoms with Crippen LogP contribution in [0, 0.1) is 5.92 Å². The number of ether oxygens (including phenoxy) is 2. The van der Waals surface area contributed by atoms with Crippen LogP contribution in [0.5, 0.6) is 5.75 Å². The molecule has 0 aliphatic carbocycles. The Bertz CT molecular complexity index is 1090. The molecule has 2 aromatic carbocycles. The van der Waals surface area contributed by atoms with Crippen molar-refractivity contribution in [1.82, 2.24) is 15.1 Å². The molecule has 192 valence electrons. The van der Waals surface area contributed by atoms with E-state index in [0.717, 1.165) is 43.5 Å². The number of hydrogen-bond acceptors (Lipinski definition) is 4. The number of hydrogen-bond donors (Lipinski definition) is 1. The molecular formula is C29H37N3O4. The van der Waals surface area contributed by atoms with Crippen molar-refractivity contribution in [3.63, 3.8) is 0 Å². The van der Waals surface area contributed by atoms with Crippen molar-refractivity contribution >= 4 is 11.9 Å². The van der Waals surface area contributed by atoms with Crippen LogP contribution in [0.3, 0.4) is 0 Å². The maximum absolute atomic E-state index is 13.7. The normalized spacial score (nSPS) is 23.8. The summed E-state index contributed by atoms with van der Waals surface area (Å²) in [7, 11) is 0. The van der Waals surface area contributed by atoms with Crippen molar-refractivity contribution < 1.29 is 19.1 Å². The maximum Gasteiger partial charge on any atom is 0.318 e. The summed E-state index contributed by atoms with van der Waals surface area (Å²) in [6.07, 6.45) is 3.37. The number of urea groups is 1. The Morgan fingerprint density at radius 3 is 2.81 bits per heavy atom. The highest BCUT2D eigenvalue weighted by Gasteiger charge is 2.48. The molecule has 7 nitrogen and oxygen atoms in total. The highest BCUT2D eigenvalue weighted by atomic mass is 16.5. The van der Waals surface area contributed by atoms with Crippen LogP contribution in [0.2, 0.25) is 0 Å². The van der Waals surface area contributed by atoms with Gasteiger partial charge in [-0.3, -0.25) is 4.79 Å². The highest BCUT2D eigenvalue weighted by Crippen LogP contribution is 2.43. The number of carbonyl (C=O) groups is 2. The topological polar surface area (TPSA) is 71.1 Å². The van der Waals surface area contributed by atoms with Gasteiger partial charge in [-0.2, -0.15) is 0 Å². The number of fused-ring (bicyclic) bond motifs is 4. The Morgan fingerprint density at radius 2 is 1.97 bits per heavy atom. The van der Waals surface area contributed by atoms with Gasteiger partial charge in [-0.15, -0.1) is 0 Å². The lowest BCUT2D eigenvalue weighted by Crippen LogP contribution is -2.61. The zero-order valence-corrected chi connectivity index (χ0v) is 21.3. The first-order valence-electron chi connectivity index (χ1n) is 13.4. The summed E-state index contributed by atoms with van der Waals surface area (Å²) in [5, 5.41) is 3.23. The third-order valence-corrected chi connectivity index (χ3v) is 7.88. The van der Waals surface area contributed by atoms with E-state index in [1.807, 2.05) is 43.0 Å². The van der Waals surface area contributed by atoms with Crippen LogP contribution in [0.15, 0.2) is 48.5 Å². The molecule has 2 fully saturated rings. The first-order valence-corrected chi connectivity index (χ1v) is 13.4. The number of likely N-dealkylation sites (tertiary alicyclic amines) is 1. The van der Waals surface area contributed by atoms with E-state index in [0.29, 0.717) is 26.4 Å². The first kappa shape index (κ1) is 24.6. The summed E-state index contributed by atoms with van der Waals surface area (Å²) in [5.74, 6) is 0.855. The molecule has 3 aliphatic heterocycles. The lowest BCUT2D eigenvalue weighted by molar-refractivity contribution is -0.148. The minimum absolute atomic E-state index is 0.0409. The van der Waals surface area contributed by atoms with E-state index in [2.05, 4.69) is 34.5 Å². The predicted molar refractivity (Wildman–Crippen MR) is 138 cm³/mol. The van der Waals surface area contributed by atoms with Gasteiger partial charge in [0.2, 0.25) is 5.91 Å². The monoisotopic (exact) mass is 491 g/mol. The molecule has 3 amide bonds. The first-order chi connectivity index (χ1) is 17.6. The fourth-order valence-electron chi connectivity index (χ4n) is 6.18. The molecule has 2 saturated heterocycles. The Hall–Kier alpha value is -3.06. The van der Waals surface area contributed by atoms with Gasteiger partial charge in [0, 0.05) is 25.7 Å². The van der Waals surface area contributed by atoms with Gasteiger partial charge in [0.05, 0.1) is 31.2 Å². The molecule has 2 aromatic rings. The summed E-state index contributed by atoms with van der Waals surface area (Å²) in [4.78, 5) is 31.3. The Balaban J connectivity index is 1.37. The second kappa shape index (κ2) is 10.9. The van der Waals surface area contributed by atoms with E-state index in [9.17, 15) is 9.59 Å². The van der Waals surface area contributed by atoms with Crippen molar-refractivity contribution in [3.8, 4) is 5.75 Å². The van der Waals surface area contributed by atoms with E-state index in [1.165, 1.54) is 11.1 Å². The number of amides is 3. The summed E-state index contributed by atoms with van der Waals surface area (Å²) < 4.78 is 11.4. The molecule has 36 heavy (non-hydrogen) atoms. The number of benzene rings is 2. The van der Waals surface area contributed by atoms with Crippen LogP contribution in [0.25, 0.3) is 0 Å². The van der Waals surface area contributed by atoms with Gasteiger partial charge in [0.25, 0.3) is 0 Å². The molecule has 0 spiro atoms. The summed E-state index contributed by atoms with van der Waals surface area (Å²) in [6.45, 7) is 6.86. The fraction of sp³-hybridized carbons (Fsp3) is 0.517. The molecule has 0 bridgehead atoms. The van der Waals surface area contributed by atoms with E-state index < -0.39 is 0 Å². The van der Waals surface area contributed by atoms with Crippen molar-refractivity contribution in [2.75, 3.05) is 32.9 Å². The molecule has 0 aromatic heterocycles. The van der Waals surface area contributed by atoms with E-state index in [1.54, 1.807) is 0 Å². The van der Waals surface area contributed by atoms with Crippen molar-refractivity contribution in [3.05, 3.63) is 65.2 Å². The molecular weight excluding hydrogens is 454 g/mol. The summed E-state index contributed by atoms with van der Waals surface area (Å²) in [6, 6.07) is 15.8. The smallest absolute Gasteiger partial charge is 0.318 e. The van der Waals surface area contributed by atoms with Gasteiger partial charge >= 0.3 is 6.03 Å². The van der Waals surface area contributed by atoms with Crippen LogP contribution in [0.4, 0.5) is 4.79 Å². The van der Waals surface area contributed by atoms with Crippen molar-refractivity contribution in [2.45, 2.75) is 57.7 Å². The lowest BCUT2D eigenvalue weighted by atomic mass is 9.76. The molecule has 0 saturated carbocycles. The van der Waals surface area contributed by atoms with Crippen LogP contribution >= 0.6 is 0 Å². The van der Waals surface area contributed by atoms with E-state index >= 15 is 0 Å². The SMILES string of the molecule is CCOC[C@H](NC(=O)N1CCC[C@H]2C(=O)N3CCc4ccccc4[C@H]3C[C@H]21)c1cccc(OCC)c1. The standard InChI is InChI=1S/C29H37N3O4/c1-3-35-19-25(21-10-7-11-22(17-21)36-4-2)30-29(34)32-15-8-13-24-27(32)18-26-23-12-6-5-9-20(23)14-16-31(26)28(24)33/h5-7,9-12,17,24-27H,3-4,8,13-16,18-19H2,1-2H3,(H,30,34)/t24-,25+,26-,27-/m1/s1. The van der Waals surface area contributed by atoms with Crippen LogP contribution in [-0.4, -0.2) is 60.7 Å². The Labute approximate surface area is 213 Å². The molecule has 0 radical (unpaired) electrons. The third kappa shape index (κ3) is 4.81. The largest absolute Gasteiger partial charge is 0.494 e. The summed E-state index contributed by atoms with van der Waals surface area (Å²) in [5.41, 5.74) is 3.51. The molecule has 0 unspecified atom stereocenters. The predicted octanol–water partition coefficient (Wildman–Crippen LogP) is 4.48. The zero-order chi connectivity index (χ0) is 25.1. The average molecular weight is 492 g/mol. The van der Waals surface area contributed by atoms with E-state index in [4.69, 9.17) is 9.47 Å². The maximum atomic E-state index is 13.7. The fourth-order valence-corrected chi connectivity index (χ4v) is 6.18. The van der Waals surface area contributed by atoms with Gasteiger partial charge < -0.3 is 24.6 Å². The molecule has 7 heteroatoms. The number of carbonyl (C=O) groups excluding carboxylic acids is 2. The van der Waals surface area contributed by atoms with E-state index in [-0.39, 0.29) is 36.0 Å².